The summed E-state index contributed by atoms with van der Waals surface area (Å²) in [7, 11) is 2.09. The van der Waals surface area contributed by atoms with Gasteiger partial charge in [-0.1, -0.05) is 36.4 Å². The fraction of sp³-hybridized carbons (Fsp3) is 0.222. The molecule has 3 rings (SSSR count). The van der Waals surface area contributed by atoms with Gasteiger partial charge in [0.1, 0.15) is 12.4 Å². The van der Waals surface area contributed by atoms with Crippen molar-refractivity contribution < 1.29 is 4.74 Å². The van der Waals surface area contributed by atoms with E-state index in [1.165, 1.54) is 27.6 Å². The molecule has 2 nitrogen and oxygen atoms in total. The molecule has 102 valence electrons. The topological polar surface area (TPSA) is 14.2 Å². The van der Waals surface area contributed by atoms with Crippen LogP contribution < -0.4 is 4.74 Å². The Morgan fingerprint density at radius 1 is 0.950 bits per heavy atom. The van der Waals surface area contributed by atoms with Gasteiger partial charge in [0.25, 0.3) is 0 Å². The summed E-state index contributed by atoms with van der Waals surface area (Å²) in [6, 6.07) is 14.6. The minimum atomic E-state index is 0.603. The fourth-order valence-corrected chi connectivity index (χ4v) is 2.74. The van der Waals surface area contributed by atoms with Gasteiger partial charge >= 0.3 is 0 Å². The zero-order valence-electron chi connectivity index (χ0n) is 12.2. The van der Waals surface area contributed by atoms with E-state index in [1.807, 2.05) is 18.2 Å². The highest BCUT2D eigenvalue weighted by Gasteiger charge is 2.09. The molecule has 0 bridgehead atoms. The van der Waals surface area contributed by atoms with Crippen molar-refractivity contribution in [2.24, 2.45) is 7.05 Å². The lowest BCUT2D eigenvalue weighted by molar-refractivity contribution is 0.305. The second-order valence-electron chi connectivity index (χ2n) is 5.29. The van der Waals surface area contributed by atoms with E-state index in [1.54, 1.807) is 0 Å². The number of fused-ring (bicyclic) bond motifs is 1. The molecule has 20 heavy (non-hydrogen) atoms. The maximum absolute atomic E-state index is 5.97. The van der Waals surface area contributed by atoms with E-state index < -0.39 is 0 Å². The van der Waals surface area contributed by atoms with Crippen LogP contribution in [0.4, 0.5) is 0 Å². The molecule has 0 amide bonds. The number of aromatic nitrogens is 1. The Balaban J connectivity index is 1.93. The first-order valence-electron chi connectivity index (χ1n) is 6.89. The summed E-state index contributed by atoms with van der Waals surface area (Å²) in [5.74, 6) is 0.956. The monoisotopic (exact) mass is 265 g/mol. The van der Waals surface area contributed by atoms with Crippen LogP contribution in [-0.2, 0) is 13.7 Å². The standard InChI is InChI=1S/C18H19NO/c1-13-7-4-5-10-17(13)20-12-15-11-19(3)18-14(2)8-6-9-16(15)18/h4-11H,12H2,1-3H3. The lowest BCUT2D eigenvalue weighted by atomic mass is 10.1. The van der Waals surface area contributed by atoms with Crippen LogP contribution in [0.5, 0.6) is 5.75 Å². The molecule has 0 radical (unpaired) electrons. The van der Waals surface area contributed by atoms with Gasteiger partial charge in [-0.15, -0.1) is 0 Å². The SMILES string of the molecule is Cc1ccccc1OCc1cn(C)c2c(C)cccc12. The highest BCUT2D eigenvalue weighted by atomic mass is 16.5. The van der Waals surface area contributed by atoms with Crippen molar-refractivity contribution in [3.05, 3.63) is 65.4 Å². The molecule has 1 heterocycles. The summed E-state index contributed by atoms with van der Waals surface area (Å²) in [4.78, 5) is 0. The smallest absolute Gasteiger partial charge is 0.122 e. The van der Waals surface area contributed by atoms with Crippen LogP contribution in [0.2, 0.25) is 0 Å². The van der Waals surface area contributed by atoms with E-state index in [-0.39, 0.29) is 0 Å². The van der Waals surface area contributed by atoms with Gasteiger partial charge in [0.15, 0.2) is 0 Å². The molecule has 0 saturated carbocycles. The number of ether oxygens (including phenoxy) is 1. The van der Waals surface area contributed by atoms with Gasteiger partial charge in [-0.05, 0) is 31.0 Å². The summed E-state index contributed by atoms with van der Waals surface area (Å²) in [6.45, 7) is 4.82. The van der Waals surface area contributed by atoms with E-state index in [0.29, 0.717) is 6.61 Å². The van der Waals surface area contributed by atoms with Crippen LogP contribution in [0.25, 0.3) is 10.9 Å². The van der Waals surface area contributed by atoms with Crippen LogP contribution in [-0.4, -0.2) is 4.57 Å². The lowest BCUT2D eigenvalue weighted by Gasteiger charge is -2.08. The lowest BCUT2D eigenvalue weighted by Crippen LogP contribution is -1.96. The highest BCUT2D eigenvalue weighted by molar-refractivity contribution is 5.86. The zero-order valence-corrected chi connectivity index (χ0v) is 12.2. The molecule has 2 aromatic carbocycles. The van der Waals surface area contributed by atoms with Crippen molar-refractivity contribution in [3.63, 3.8) is 0 Å². The van der Waals surface area contributed by atoms with Crippen molar-refractivity contribution in [1.29, 1.82) is 0 Å². The molecule has 0 unspecified atom stereocenters. The number of aryl methyl sites for hydroxylation is 3. The van der Waals surface area contributed by atoms with Crippen LogP contribution >= 0.6 is 0 Å². The molecular weight excluding hydrogens is 246 g/mol. The third-order valence-electron chi connectivity index (χ3n) is 3.76. The maximum atomic E-state index is 5.97. The Kier molecular flexibility index (Phi) is 3.23. The number of benzene rings is 2. The number of rotatable bonds is 3. The van der Waals surface area contributed by atoms with Crippen molar-refractivity contribution in [1.82, 2.24) is 4.57 Å². The highest BCUT2D eigenvalue weighted by Crippen LogP contribution is 2.25. The molecule has 1 aromatic heterocycles. The Morgan fingerprint density at radius 3 is 2.50 bits per heavy atom. The number of hydrogen-bond acceptors (Lipinski definition) is 1. The van der Waals surface area contributed by atoms with Gasteiger partial charge in [-0.25, -0.2) is 0 Å². The quantitative estimate of drug-likeness (QED) is 0.685. The van der Waals surface area contributed by atoms with Gasteiger partial charge in [0.2, 0.25) is 0 Å². The zero-order chi connectivity index (χ0) is 14.1. The predicted molar refractivity (Wildman–Crippen MR) is 83.2 cm³/mol. The largest absolute Gasteiger partial charge is 0.489 e. The predicted octanol–water partition coefficient (Wildman–Crippen LogP) is 4.37. The molecular formula is C18H19NO. The van der Waals surface area contributed by atoms with E-state index in [9.17, 15) is 0 Å². The molecule has 0 aliphatic carbocycles. The van der Waals surface area contributed by atoms with Gasteiger partial charge in [0, 0.05) is 24.2 Å². The van der Waals surface area contributed by atoms with Crippen molar-refractivity contribution >= 4 is 10.9 Å². The van der Waals surface area contributed by atoms with Crippen LogP contribution in [0.3, 0.4) is 0 Å². The fourth-order valence-electron chi connectivity index (χ4n) is 2.74. The number of nitrogens with zero attached hydrogens (tertiary/aromatic N) is 1. The van der Waals surface area contributed by atoms with Crippen LogP contribution in [0.1, 0.15) is 16.7 Å². The summed E-state index contributed by atoms with van der Waals surface area (Å²) < 4.78 is 8.15. The van der Waals surface area contributed by atoms with E-state index in [0.717, 1.165) is 5.75 Å². The third-order valence-corrected chi connectivity index (χ3v) is 3.76. The molecule has 0 aliphatic heterocycles. The van der Waals surface area contributed by atoms with Gasteiger partial charge in [-0.2, -0.15) is 0 Å². The summed E-state index contributed by atoms with van der Waals surface area (Å²) >= 11 is 0. The van der Waals surface area contributed by atoms with E-state index in [2.05, 4.69) is 55.9 Å². The van der Waals surface area contributed by atoms with E-state index >= 15 is 0 Å². The first kappa shape index (κ1) is 12.8. The molecule has 0 saturated heterocycles. The second kappa shape index (κ2) is 5.04. The molecule has 2 heteroatoms. The van der Waals surface area contributed by atoms with Gasteiger partial charge < -0.3 is 9.30 Å². The normalized spacial score (nSPS) is 10.9. The molecule has 0 aliphatic rings. The number of para-hydroxylation sites is 2. The molecule has 0 spiro atoms. The molecule has 0 fully saturated rings. The summed E-state index contributed by atoms with van der Waals surface area (Å²) in [5.41, 5.74) is 4.99. The minimum Gasteiger partial charge on any atom is -0.489 e. The first-order valence-corrected chi connectivity index (χ1v) is 6.89. The Labute approximate surface area is 119 Å². The Hall–Kier alpha value is -2.22. The van der Waals surface area contributed by atoms with Crippen LogP contribution in [0.15, 0.2) is 48.7 Å². The molecule has 3 aromatic rings. The second-order valence-corrected chi connectivity index (χ2v) is 5.29. The van der Waals surface area contributed by atoms with Crippen molar-refractivity contribution in [3.8, 4) is 5.75 Å². The van der Waals surface area contributed by atoms with Crippen molar-refractivity contribution in [2.75, 3.05) is 0 Å². The van der Waals surface area contributed by atoms with E-state index in [4.69, 9.17) is 4.74 Å². The molecule has 0 N–H and O–H groups in total. The Bertz CT molecular complexity index is 755. The number of hydrogen-bond donors (Lipinski definition) is 0. The third kappa shape index (κ3) is 2.18. The summed E-state index contributed by atoms with van der Waals surface area (Å²) in [6.07, 6.45) is 2.16. The Morgan fingerprint density at radius 2 is 1.70 bits per heavy atom. The van der Waals surface area contributed by atoms with Gasteiger partial charge in [-0.3, -0.25) is 0 Å². The average molecular weight is 265 g/mol. The minimum absolute atomic E-state index is 0.603. The first-order chi connectivity index (χ1) is 9.66. The maximum Gasteiger partial charge on any atom is 0.122 e. The average Bonchev–Trinajstić information content (AvgIpc) is 2.76. The van der Waals surface area contributed by atoms with Gasteiger partial charge in [0.05, 0.1) is 5.52 Å². The summed E-state index contributed by atoms with van der Waals surface area (Å²) in [5, 5.41) is 1.28. The molecule has 0 atom stereocenters. The van der Waals surface area contributed by atoms with Crippen LogP contribution in [0, 0.1) is 13.8 Å². The van der Waals surface area contributed by atoms with Crippen molar-refractivity contribution in [2.45, 2.75) is 20.5 Å².